The van der Waals surface area contributed by atoms with E-state index in [-0.39, 0.29) is 6.04 Å². The van der Waals surface area contributed by atoms with Gasteiger partial charge in [0.1, 0.15) is 0 Å². The van der Waals surface area contributed by atoms with Crippen LogP contribution in [-0.2, 0) is 0 Å². The zero-order chi connectivity index (χ0) is 6.57. The van der Waals surface area contributed by atoms with Crippen molar-refractivity contribution in [3.63, 3.8) is 0 Å². The molecule has 0 rings (SSSR count). The Labute approximate surface area is 50.6 Å². The zero-order valence-corrected chi connectivity index (χ0v) is 5.52. The lowest BCUT2D eigenvalue weighted by atomic mass is 10.2. The average molecular weight is 114 g/mol. The molecule has 0 aliphatic carbocycles. The first-order chi connectivity index (χ1) is 3.66. The quantitative estimate of drug-likeness (QED) is 0.552. The second kappa shape index (κ2) is 3.50. The highest BCUT2D eigenvalue weighted by molar-refractivity contribution is 4.97. The summed E-state index contributed by atoms with van der Waals surface area (Å²) in [7, 11) is 0. The minimum atomic E-state index is 0.139. The third kappa shape index (κ3) is 3.68. The van der Waals surface area contributed by atoms with Crippen LogP contribution < -0.4 is 11.5 Å². The van der Waals surface area contributed by atoms with Crippen molar-refractivity contribution >= 4 is 0 Å². The van der Waals surface area contributed by atoms with Gasteiger partial charge in [0.2, 0.25) is 0 Å². The van der Waals surface area contributed by atoms with Crippen molar-refractivity contribution in [3.8, 4) is 0 Å². The van der Waals surface area contributed by atoms with Crippen molar-refractivity contribution in [1.29, 1.82) is 0 Å². The van der Waals surface area contributed by atoms with Crippen LogP contribution in [0.2, 0.25) is 0 Å². The maximum absolute atomic E-state index is 5.52. The largest absolute Gasteiger partial charge is 0.402 e. The zero-order valence-electron chi connectivity index (χ0n) is 5.52. The van der Waals surface area contributed by atoms with Crippen molar-refractivity contribution < 1.29 is 0 Å². The Hall–Kier alpha value is -0.500. The summed E-state index contributed by atoms with van der Waals surface area (Å²) in [5.41, 5.74) is 11.7. The van der Waals surface area contributed by atoms with Crippen molar-refractivity contribution in [1.82, 2.24) is 0 Å². The molecule has 0 bridgehead atoms. The molecule has 48 valence electrons. The van der Waals surface area contributed by atoms with Crippen molar-refractivity contribution in [3.05, 3.63) is 11.8 Å². The van der Waals surface area contributed by atoms with Gasteiger partial charge in [-0.15, -0.1) is 0 Å². The molecule has 0 spiro atoms. The van der Waals surface area contributed by atoms with Crippen LogP contribution in [-0.4, -0.2) is 6.04 Å². The Kier molecular flexibility index (Phi) is 3.28. The van der Waals surface area contributed by atoms with Crippen molar-refractivity contribution in [2.24, 2.45) is 11.5 Å². The predicted molar refractivity (Wildman–Crippen MR) is 36.2 cm³/mol. The van der Waals surface area contributed by atoms with Crippen LogP contribution in [0.25, 0.3) is 0 Å². The van der Waals surface area contributed by atoms with E-state index in [4.69, 9.17) is 11.5 Å². The lowest BCUT2D eigenvalue weighted by Gasteiger charge is -2.00. The SMILES string of the molecule is CCC(N)/C=C(/C)N. The summed E-state index contributed by atoms with van der Waals surface area (Å²) in [5, 5.41) is 0. The standard InChI is InChI=1S/C6H14N2/c1-3-6(8)4-5(2)7/h4,6H,3,7-8H2,1-2H3/b5-4-. The summed E-state index contributed by atoms with van der Waals surface area (Å²) >= 11 is 0. The van der Waals surface area contributed by atoms with E-state index < -0.39 is 0 Å². The third-order valence-corrected chi connectivity index (χ3v) is 0.948. The van der Waals surface area contributed by atoms with Gasteiger partial charge >= 0.3 is 0 Å². The molecule has 0 saturated heterocycles. The minimum absolute atomic E-state index is 0.139. The van der Waals surface area contributed by atoms with E-state index in [1.54, 1.807) is 0 Å². The molecule has 0 saturated carbocycles. The Balaban J connectivity index is 3.51. The molecule has 0 heterocycles. The first-order valence-corrected chi connectivity index (χ1v) is 2.86. The predicted octanol–water partition coefficient (Wildman–Crippen LogP) is 0.586. The Morgan fingerprint density at radius 1 is 1.75 bits per heavy atom. The van der Waals surface area contributed by atoms with Crippen LogP contribution in [0.5, 0.6) is 0 Å². The van der Waals surface area contributed by atoms with Gasteiger partial charge < -0.3 is 11.5 Å². The number of hydrogen-bond donors (Lipinski definition) is 2. The molecule has 1 atom stereocenters. The van der Waals surface area contributed by atoms with E-state index in [9.17, 15) is 0 Å². The van der Waals surface area contributed by atoms with E-state index >= 15 is 0 Å². The normalized spacial score (nSPS) is 16.1. The molecule has 0 aromatic carbocycles. The first-order valence-electron chi connectivity index (χ1n) is 2.86. The molecular weight excluding hydrogens is 100 g/mol. The van der Waals surface area contributed by atoms with E-state index in [2.05, 4.69) is 0 Å². The van der Waals surface area contributed by atoms with Crippen LogP contribution in [0.3, 0.4) is 0 Å². The monoisotopic (exact) mass is 114 g/mol. The van der Waals surface area contributed by atoms with Crippen LogP contribution in [0.1, 0.15) is 20.3 Å². The van der Waals surface area contributed by atoms with Crippen LogP contribution in [0.15, 0.2) is 11.8 Å². The summed E-state index contributed by atoms with van der Waals surface area (Å²) in [6.45, 7) is 3.87. The van der Waals surface area contributed by atoms with Gasteiger partial charge in [-0.3, -0.25) is 0 Å². The molecule has 0 aromatic heterocycles. The average Bonchev–Trinajstić information content (AvgIpc) is 1.65. The summed E-state index contributed by atoms with van der Waals surface area (Å²) in [6.07, 6.45) is 2.81. The second-order valence-electron chi connectivity index (χ2n) is 1.98. The smallest absolute Gasteiger partial charge is 0.0240 e. The second-order valence-corrected chi connectivity index (χ2v) is 1.98. The molecule has 0 amide bonds. The van der Waals surface area contributed by atoms with Gasteiger partial charge in [-0.2, -0.15) is 0 Å². The molecule has 0 fully saturated rings. The molecule has 2 nitrogen and oxygen atoms in total. The first kappa shape index (κ1) is 7.50. The molecule has 2 heteroatoms. The molecule has 0 aliphatic rings. The molecule has 0 aliphatic heterocycles. The lowest BCUT2D eigenvalue weighted by molar-refractivity contribution is 0.775. The van der Waals surface area contributed by atoms with Gasteiger partial charge in [-0.25, -0.2) is 0 Å². The number of rotatable bonds is 2. The number of allylic oxidation sites excluding steroid dienone is 1. The fourth-order valence-corrected chi connectivity index (χ4v) is 0.456. The highest BCUT2D eigenvalue weighted by Crippen LogP contribution is 1.89. The fraction of sp³-hybridized carbons (Fsp3) is 0.667. The minimum Gasteiger partial charge on any atom is -0.402 e. The molecule has 4 N–H and O–H groups in total. The summed E-state index contributed by atoms with van der Waals surface area (Å²) in [6, 6.07) is 0.139. The van der Waals surface area contributed by atoms with Gasteiger partial charge in [-0.05, 0) is 19.4 Å². The van der Waals surface area contributed by atoms with Crippen LogP contribution >= 0.6 is 0 Å². The van der Waals surface area contributed by atoms with E-state index in [0.717, 1.165) is 12.1 Å². The van der Waals surface area contributed by atoms with Crippen molar-refractivity contribution in [2.45, 2.75) is 26.3 Å². The van der Waals surface area contributed by atoms with Gasteiger partial charge in [0, 0.05) is 11.7 Å². The summed E-state index contributed by atoms with van der Waals surface area (Å²) in [5.74, 6) is 0. The van der Waals surface area contributed by atoms with E-state index in [1.165, 1.54) is 0 Å². The van der Waals surface area contributed by atoms with Gasteiger partial charge in [0.05, 0.1) is 0 Å². The summed E-state index contributed by atoms with van der Waals surface area (Å²) in [4.78, 5) is 0. The maximum Gasteiger partial charge on any atom is 0.0240 e. The molecule has 0 aromatic rings. The molecular formula is C6H14N2. The molecule has 1 unspecified atom stereocenters. The van der Waals surface area contributed by atoms with Gasteiger partial charge in [0.25, 0.3) is 0 Å². The third-order valence-electron chi connectivity index (χ3n) is 0.948. The van der Waals surface area contributed by atoms with Crippen molar-refractivity contribution in [2.75, 3.05) is 0 Å². The number of nitrogens with two attached hydrogens (primary N) is 2. The Morgan fingerprint density at radius 2 is 2.25 bits per heavy atom. The fourth-order valence-electron chi connectivity index (χ4n) is 0.456. The summed E-state index contributed by atoms with van der Waals surface area (Å²) < 4.78 is 0. The van der Waals surface area contributed by atoms with E-state index in [0.29, 0.717) is 0 Å². The van der Waals surface area contributed by atoms with Crippen LogP contribution in [0.4, 0.5) is 0 Å². The molecule has 8 heavy (non-hydrogen) atoms. The Bertz CT molecular complexity index is 82.5. The maximum atomic E-state index is 5.52. The lowest BCUT2D eigenvalue weighted by Crippen LogP contribution is -2.16. The highest BCUT2D eigenvalue weighted by Gasteiger charge is 1.90. The topological polar surface area (TPSA) is 52.0 Å². The highest BCUT2D eigenvalue weighted by atomic mass is 14.6. The van der Waals surface area contributed by atoms with Gasteiger partial charge in [-0.1, -0.05) is 6.92 Å². The van der Waals surface area contributed by atoms with Crippen LogP contribution in [0, 0.1) is 0 Å². The van der Waals surface area contributed by atoms with E-state index in [1.807, 2.05) is 19.9 Å². The number of hydrogen-bond acceptors (Lipinski definition) is 2. The van der Waals surface area contributed by atoms with Gasteiger partial charge in [0.15, 0.2) is 0 Å². The Morgan fingerprint density at radius 3 is 2.38 bits per heavy atom. The molecule has 0 radical (unpaired) electrons.